The summed E-state index contributed by atoms with van der Waals surface area (Å²) in [5, 5.41) is 1.83. The standard InChI is InChI=1S/C25H27F2N3O4S/c1-15-9-10-23(18-7-5-4-6-8-18)35(32,33)30(15)13-19-11-22(27)20(12-21(19)26)16(2)29-25(31)24-17(3)28-14-34-24/h4-8,11-12,14-16,23H,9-10,13H2,1-3H3,(H,29,31)/t15-,16?,23+/m0/s1. The second kappa shape index (κ2) is 9.87. The molecule has 2 aromatic carbocycles. The first-order chi connectivity index (χ1) is 16.6. The van der Waals surface area contributed by atoms with Crippen LogP contribution in [0, 0.1) is 18.6 Å². The molecule has 7 nitrogen and oxygen atoms in total. The lowest BCUT2D eigenvalue weighted by Gasteiger charge is -2.37. The molecule has 2 heterocycles. The van der Waals surface area contributed by atoms with Gasteiger partial charge < -0.3 is 9.73 Å². The fraction of sp³-hybridized carbons (Fsp3) is 0.360. The number of nitrogens with one attached hydrogen (secondary N) is 1. The SMILES string of the molecule is Cc1ncoc1C(=O)NC(C)c1cc(F)c(CN2[C@@H](C)CC[C@H](c3ccccc3)S2(=O)=O)cc1F. The van der Waals surface area contributed by atoms with Gasteiger partial charge in [0, 0.05) is 23.7 Å². The molecule has 186 valence electrons. The fourth-order valence-corrected chi connectivity index (χ4v) is 6.62. The Morgan fingerprint density at radius 3 is 2.57 bits per heavy atom. The molecule has 0 bridgehead atoms. The van der Waals surface area contributed by atoms with E-state index in [0.29, 0.717) is 24.1 Å². The molecule has 1 saturated heterocycles. The number of halogens is 2. The summed E-state index contributed by atoms with van der Waals surface area (Å²) < 4.78 is 63.2. The summed E-state index contributed by atoms with van der Waals surface area (Å²) in [5.74, 6) is -2.10. The molecule has 3 aromatic rings. The van der Waals surface area contributed by atoms with Gasteiger partial charge in [0.2, 0.25) is 15.8 Å². The van der Waals surface area contributed by atoms with Crippen LogP contribution in [-0.2, 0) is 16.6 Å². The quantitative estimate of drug-likeness (QED) is 0.521. The first kappa shape index (κ1) is 25.0. The Bertz CT molecular complexity index is 1330. The number of aryl methyl sites for hydroxylation is 1. The minimum Gasteiger partial charge on any atom is -0.438 e. The van der Waals surface area contributed by atoms with E-state index in [0.717, 1.165) is 18.5 Å². The first-order valence-electron chi connectivity index (χ1n) is 11.3. The zero-order chi connectivity index (χ0) is 25.3. The van der Waals surface area contributed by atoms with Crippen LogP contribution in [-0.4, -0.2) is 29.7 Å². The van der Waals surface area contributed by atoms with Gasteiger partial charge in [-0.05, 0) is 51.3 Å². The molecule has 1 aromatic heterocycles. The molecule has 0 saturated carbocycles. The van der Waals surface area contributed by atoms with Crippen LogP contribution in [0.25, 0.3) is 0 Å². The van der Waals surface area contributed by atoms with Crippen LogP contribution in [0.5, 0.6) is 0 Å². The fourth-order valence-electron chi connectivity index (χ4n) is 4.44. The number of amides is 1. The van der Waals surface area contributed by atoms with Crippen molar-refractivity contribution < 1.29 is 26.4 Å². The molecule has 10 heteroatoms. The number of hydrogen-bond acceptors (Lipinski definition) is 5. The van der Waals surface area contributed by atoms with E-state index in [1.54, 1.807) is 38.1 Å². The maximum atomic E-state index is 15.1. The Kier molecular flexibility index (Phi) is 7.05. The Balaban J connectivity index is 1.56. The molecular formula is C25H27F2N3O4S. The number of oxazole rings is 1. The lowest BCUT2D eigenvalue weighted by Crippen LogP contribution is -2.44. The Morgan fingerprint density at radius 2 is 1.91 bits per heavy atom. The second-order valence-corrected chi connectivity index (χ2v) is 10.9. The van der Waals surface area contributed by atoms with E-state index in [9.17, 15) is 13.2 Å². The molecule has 3 atom stereocenters. The van der Waals surface area contributed by atoms with Gasteiger partial charge in [-0.3, -0.25) is 4.79 Å². The lowest BCUT2D eigenvalue weighted by molar-refractivity contribution is 0.0910. The third-order valence-corrected chi connectivity index (χ3v) is 8.82. The van der Waals surface area contributed by atoms with Crippen molar-refractivity contribution in [1.29, 1.82) is 0 Å². The summed E-state index contributed by atoms with van der Waals surface area (Å²) in [6, 6.07) is 9.69. The molecular weight excluding hydrogens is 476 g/mol. The highest BCUT2D eigenvalue weighted by Gasteiger charge is 2.40. The van der Waals surface area contributed by atoms with Gasteiger partial charge in [0.25, 0.3) is 5.91 Å². The third kappa shape index (κ3) is 4.99. The van der Waals surface area contributed by atoms with Crippen molar-refractivity contribution >= 4 is 15.9 Å². The summed E-state index contributed by atoms with van der Waals surface area (Å²) in [7, 11) is -3.80. The Labute approximate surface area is 203 Å². The van der Waals surface area contributed by atoms with Gasteiger partial charge in [-0.15, -0.1) is 0 Å². The van der Waals surface area contributed by atoms with Crippen molar-refractivity contribution in [2.75, 3.05) is 0 Å². The van der Waals surface area contributed by atoms with E-state index < -0.39 is 38.9 Å². The maximum absolute atomic E-state index is 15.1. The number of aromatic nitrogens is 1. The van der Waals surface area contributed by atoms with Crippen LogP contribution < -0.4 is 5.32 Å². The van der Waals surface area contributed by atoms with Gasteiger partial charge in [-0.1, -0.05) is 30.3 Å². The zero-order valence-electron chi connectivity index (χ0n) is 19.7. The molecule has 0 spiro atoms. The summed E-state index contributed by atoms with van der Waals surface area (Å²) in [6.07, 6.45) is 2.19. The molecule has 1 aliphatic rings. The number of carbonyl (C=O) groups excluding carboxylic acids is 1. The number of nitrogens with zero attached hydrogens (tertiary/aromatic N) is 2. The molecule has 1 amide bonds. The first-order valence-corrected chi connectivity index (χ1v) is 12.8. The smallest absolute Gasteiger partial charge is 0.289 e. The van der Waals surface area contributed by atoms with Crippen molar-refractivity contribution in [3.05, 3.63) is 88.6 Å². The highest BCUT2D eigenvalue weighted by atomic mass is 32.2. The molecule has 1 aliphatic heterocycles. The normalized spacial score (nSPS) is 20.9. The predicted octanol–water partition coefficient (Wildman–Crippen LogP) is 4.81. The minimum atomic E-state index is -3.80. The van der Waals surface area contributed by atoms with E-state index in [-0.39, 0.29) is 29.5 Å². The zero-order valence-corrected chi connectivity index (χ0v) is 20.5. The van der Waals surface area contributed by atoms with Crippen LogP contribution in [0.4, 0.5) is 8.78 Å². The van der Waals surface area contributed by atoms with Gasteiger partial charge in [-0.2, -0.15) is 4.31 Å². The second-order valence-electron chi connectivity index (χ2n) is 8.84. The minimum absolute atomic E-state index is 0.00777. The molecule has 1 fully saturated rings. The van der Waals surface area contributed by atoms with E-state index in [2.05, 4.69) is 10.3 Å². The number of sulfonamides is 1. The van der Waals surface area contributed by atoms with Crippen molar-refractivity contribution in [3.8, 4) is 0 Å². The van der Waals surface area contributed by atoms with Crippen LogP contribution in [0.3, 0.4) is 0 Å². The average molecular weight is 504 g/mol. The molecule has 1 unspecified atom stereocenters. The van der Waals surface area contributed by atoms with Crippen LogP contribution in [0.2, 0.25) is 0 Å². The van der Waals surface area contributed by atoms with Crippen molar-refractivity contribution in [3.63, 3.8) is 0 Å². The van der Waals surface area contributed by atoms with Gasteiger partial charge in [0.1, 0.15) is 16.9 Å². The highest BCUT2D eigenvalue weighted by Crippen LogP contribution is 2.38. The van der Waals surface area contributed by atoms with Gasteiger partial charge in [0.15, 0.2) is 6.39 Å². The molecule has 35 heavy (non-hydrogen) atoms. The molecule has 4 rings (SSSR count). The lowest BCUT2D eigenvalue weighted by atomic mass is 10.0. The monoisotopic (exact) mass is 503 g/mol. The largest absolute Gasteiger partial charge is 0.438 e. The maximum Gasteiger partial charge on any atom is 0.289 e. The molecule has 1 N–H and O–H groups in total. The Morgan fingerprint density at radius 1 is 1.20 bits per heavy atom. The van der Waals surface area contributed by atoms with Crippen LogP contribution in [0.15, 0.2) is 53.3 Å². The van der Waals surface area contributed by atoms with E-state index in [1.165, 1.54) is 11.2 Å². The van der Waals surface area contributed by atoms with E-state index in [1.807, 2.05) is 6.07 Å². The topological polar surface area (TPSA) is 92.5 Å². The number of benzene rings is 2. The van der Waals surface area contributed by atoms with Crippen molar-refractivity contribution in [1.82, 2.24) is 14.6 Å². The summed E-state index contributed by atoms with van der Waals surface area (Å²) in [5.41, 5.74) is 0.925. The van der Waals surface area contributed by atoms with E-state index >= 15 is 8.78 Å². The predicted molar refractivity (Wildman–Crippen MR) is 126 cm³/mol. The van der Waals surface area contributed by atoms with Crippen LogP contribution in [0.1, 0.15) is 70.9 Å². The van der Waals surface area contributed by atoms with Crippen LogP contribution >= 0.6 is 0 Å². The summed E-state index contributed by atoms with van der Waals surface area (Å²) in [6.45, 7) is 4.59. The highest BCUT2D eigenvalue weighted by molar-refractivity contribution is 7.89. The van der Waals surface area contributed by atoms with Gasteiger partial charge in [-0.25, -0.2) is 22.2 Å². The molecule has 0 radical (unpaired) electrons. The number of carbonyl (C=O) groups is 1. The van der Waals surface area contributed by atoms with Gasteiger partial charge in [0.05, 0.1) is 11.7 Å². The van der Waals surface area contributed by atoms with Crippen molar-refractivity contribution in [2.45, 2.75) is 57.5 Å². The summed E-state index contributed by atoms with van der Waals surface area (Å²) >= 11 is 0. The third-order valence-electron chi connectivity index (χ3n) is 6.45. The Hall–Kier alpha value is -3.11. The number of hydrogen-bond donors (Lipinski definition) is 1. The number of rotatable bonds is 6. The van der Waals surface area contributed by atoms with Gasteiger partial charge >= 0.3 is 0 Å². The van der Waals surface area contributed by atoms with E-state index in [4.69, 9.17) is 4.42 Å². The molecule has 0 aliphatic carbocycles. The summed E-state index contributed by atoms with van der Waals surface area (Å²) in [4.78, 5) is 16.2. The van der Waals surface area contributed by atoms with Crippen molar-refractivity contribution in [2.24, 2.45) is 0 Å². The average Bonchev–Trinajstić information content (AvgIpc) is 3.24.